The molecule has 0 N–H and O–H groups in total. The zero-order valence-electron chi connectivity index (χ0n) is 14.5. The number of rotatable bonds is 5. The van der Waals surface area contributed by atoms with Crippen molar-refractivity contribution in [3.05, 3.63) is 47.7 Å². The number of hydrogen-bond acceptors (Lipinski definition) is 3. The summed E-state index contributed by atoms with van der Waals surface area (Å²) in [7, 11) is 0.111. The van der Waals surface area contributed by atoms with E-state index in [-0.39, 0.29) is 12.1 Å². The lowest BCUT2D eigenvalue weighted by atomic mass is 10.00. The van der Waals surface area contributed by atoms with Gasteiger partial charge in [0.25, 0.3) is 0 Å². The molecule has 2 rings (SSSR count). The van der Waals surface area contributed by atoms with Crippen LogP contribution in [-0.2, 0) is 15.8 Å². The van der Waals surface area contributed by atoms with Crippen molar-refractivity contribution in [3.8, 4) is 0 Å². The first-order chi connectivity index (χ1) is 10.9. The summed E-state index contributed by atoms with van der Waals surface area (Å²) < 4.78 is 11.6. The number of amides is 1. The van der Waals surface area contributed by atoms with Crippen molar-refractivity contribution in [3.63, 3.8) is 0 Å². The number of carbonyl (C=O) groups is 1. The molecule has 0 heterocycles. The third-order valence-corrected chi connectivity index (χ3v) is 4.59. The molecule has 0 bridgehead atoms. The van der Waals surface area contributed by atoms with Crippen molar-refractivity contribution in [1.29, 1.82) is 0 Å². The van der Waals surface area contributed by atoms with E-state index in [4.69, 9.17) is 9.16 Å². The zero-order chi connectivity index (χ0) is 16.9. The Bertz CT molecular complexity index is 551. The van der Waals surface area contributed by atoms with E-state index in [2.05, 4.69) is 25.7 Å². The lowest BCUT2D eigenvalue weighted by Gasteiger charge is -2.35. The van der Waals surface area contributed by atoms with E-state index < -0.39 is 8.32 Å². The molecule has 1 aromatic rings. The highest BCUT2D eigenvalue weighted by Crippen LogP contribution is 2.27. The van der Waals surface area contributed by atoms with E-state index >= 15 is 0 Å². The average Bonchev–Trinajstić information content (AvgIpc) is 2.52. The quantitative estimate of drug-likeness (QED) is 0.742. The van der Waals surface area contributed by atoms with Crippen molar-refractivity contribution in [2.24, 2.45) is 0 Å². The van der Waals surface area contributed by atoms with E-state index in [0.717, 1.165) is 30.6 Å². The zero-order valence-corrected chi connectivity index (χ0v) is 15.5. The summed E-state index contributed by atoms with van der Waals surface area (Å²) in [6.45, 7) is 6.78. The molecule has 1 aromatic carbocycles. The molecule has 1 atom stereocenters. The maximum Gasteiger partial charge on any atom is 0.410 e. The maximum absolute atomic E-state index is 12.4. The number of hydrogen-bond donors (Lipinski definition) is 0. The van der Waals surface area contributed by atoms with Gasteiger partial charge in [-0.3, -0.25) is 0 Å². The molecule has 4 nitrogen and oxygen atoms in total. The van der Waals surface area contributed by atoms with Crippen LogP contribution in [0.4, 0.5) is 4.79 Å². The van der Waals surface area contributed by atoms with Crippen molar-refractivity contribution >= 4 is 14.4 Å². The second-order valence-corrected chi connectivity index (χ2v) is 11.3. The van der Waals surface area contributed by atoms with Gasteiger partial charge < -0.3 is 14.1 Å². The third-order valence-electron chi connectivity index (χ3n) is 3.74. The van der Waals surface area contributed by atoms with Gasteiger partial charge >= 0.3 is 6.09 Å². The highest BCUT2D eigenvalue weighted by atomic mass is 28.4. The van der Waals surface area contributed by atoms with Crippen molar-refractivity contribution in [2.75, 3.05) is 7.05 Å². The van der Waals surface area contributed by atoms with Gasteiger partial charge in [-0.25, -0.2) is 4.79 Å². The van der Waals surface area contributed by atoms with Gasteiger partial charge in [0.15, 0.2) is 0 Å². The number of nitrogens with zero attached hydrogens (tertiary/aromatic N) is 1. The highest BCUT2D eigenvalue weighted by molar-refractivity contribution is 6.70. The largest absolute Gasteiger partial charge is 0.546 e. The molecular formula is C18H27NO3Si. The fourth-order valence-corrected chi connectivity index (χ4v) is 3.56. The van der Waals surface area contributed by atoms with Crippen molar-refractivity contribution in [2.45, 2.75) is 51.6 Å². The monoisotopic (exact) mass is 333 g/mol. The Morgan fingerprint density at radius 1 is 1.26 bits per heavy atom. The van der Waals surface area contributed by atoms with Gasteiger partial charge in [-0.05, 0) is 50.5 Å². The summed E-state index contributed by atoms with van der Waals surface area (Å²) >= 11 is 0. The summed E-state index contributed by atoms with van der Waals surface area (Å²) in [6.07, 6.45) is 4.84. The second kappa shape index (κ2) is 7.68. The van der Waals surface area contributed by atoms with E-state index in [1.807, 2.05) is 30.3 Å². The Morgan fingerprint density at radius 2 is 1.96 bits per heavy atom. The van der Waals surface area contributed by atoms with E-state index in [9.17, 15) is 4.79 Å². The maximum atomic E-state index is 12.4. The van der Waals surface area contributed by atoms with Crippen LogP contribution in [0.15, 0.2) is 42.2 Å². The second-order valence-electron chi connectivity index (χ2n) is 6.92. The molecule has 0 aromatic heterocycles. The first kappa shape index (κ1) is 17.6. The molecule has 0 fully saturated rings. The van der Waals surface area contributed by atoms with Gasteiger partial charge in [0.1, 0.15) is 6.61 Å². The Morgan fingerprint density at radius 3 is 2.61 bits per heavy atom. The number of carbonyl (C=O) groups excluding carboxylic acids is 1. The van der Waals surface area contributed by atoms with E-state index in [1.54, 1.807) is 11.9 Å². The van der Waals surface area contributed by atoms with Gasteiger partial charge in [-0.15, -0.1) is 0 Å². The normalized spacial score (nSPS) is 18.1. The molecular weight excluding hydrogens is 306 g/mol. The third kappa shape index (κ3) is 5.43. The van der Waals surface area contributed by atoms with Crippen LogP contribution >= 0.6 is 0 Å². The molecule has 23 heavy (non-hydrogen) atoms. The minimum absolute atomic E-state index is 0.0150. The Balaban J connectivity index is 1.97. The number of benzene rings is 1. The number of ether oxygens (including phenoxy) is 1. The van der Waals surface area contributed by atoms with Gasteiger partial charge in [0.2, 0.25) is 8.32 Å². The smallest absolute Gasteiger partial charge is 0.410 e. The number of likely N-dealkylation sites (N-methyl/N-ethyl adjacent to an activating group) is 1. The summed E-state index contributed by atoms with van der Waals surface area (Å²) in [4.78, 5) is 14.0. The summed E-state index contributed by atoms with van der Waals surface area (Å²) in [5, 5.41) is 0. The fourth-order valence-electron chi connectivity index (χ4n) is 2.63. The van der Waals surface area contributed by atoms with Gasteiger partial charge in [0, 0.05) is 7.05 Å². The van der Waals surface area contributed by atoms with Crippen LogP contribution < -0.4 is 0 Å². The first-order valence-electron chi connectivity index (χ1n) is 8.19. The van der Waals surface area contributed by atoms with Crippen LogP contribution in [0, 0.1) is 0 Å². The van der Waals surface area contributed by atoms with E-state index in [0.29, 0.717) is 6.61 Å². The molecule has 1 aliphatic rings. The minimum atomic E-state index is -1.69. The molecule has 126 valence electrons. The standard InChI is InChI=1S/C18H27NO3Si/c1-19(18(20)21-14-15-10-6-5-7-11-15)16-12-8-9-13-17(16)22-23(2,3)4/h5-7,10-11,13,16H,8-9,12,14H2,1-4H3/t16-/m0/s1. The fraction of sp³-hybridized carbons (Fsp3) is 0.500. The van der Waals surface area contributed by atoms with Gasteiger partial charge in [0.05, 0.1) is 11.8 Å². The molecule has 0 unspecified atom stereocenters. The van der Waals surface area contributed by atoms with Gasteiger partial charge in [-0.1, -0.05) is 30.3 Å². The Labute approximate surface area is 140 Å². The Kier molecular flexibility index (Phi) is 5.88. The predicted octanol–water partition coefficient (Wildman–Crippen LogP) is 4.54. The minimum Gasteiger partial charge on any atom is -0.546 e. The molecule has 0 aliphatic heterocycles. The van der Waals surface area contributed by atoms with Crippen LogP contribution in [0.3, 0.4) is 0 Å². The highest BCUT2D eigenvalue weighted by Gasteiger charge is 2.30. The van der Waals surface area contributed by atoms with Crippen molar-refractivity contribution in [1.82, 2.24) is 4.90 Å². The van der Waals surface area contributed by atoms with Crippen LogP contribution in [0.5, 0.6) is 0 Å². The summed E-state index contributed by atoms with van der Waals surface area (Å²) in [6, 6.07) is 9.72. The number of allylic oxidation sites excluding steroid dienone is 1. The first-order valence-corrected chi connectivity index (χ1v) is 11.6. The topological polar surface area (TPSA) is 38.8 Å². The molecule has 1 amide bonds. The van der Waals surface area contributed by atoms with Crippen LogP contribution in [-0.4, -0.2) is 32.4 Å². The lowest BCUT2D eigenvalue weighted by molar-refractivity contribution is 0.0863. The average molecular weight is 334 g/mol. The molecule has 0 saturated carbocycles. The van der Waals surface area contributed by atoms with Crippen LogP contribution in [0.1, 0.15) is 24.8 Å². The Hall–Kier alpha value is -1.75. The lowest BCUT2D eigenvalue weighted by Crippen LogP contribution is -2.42. The SMILES string of the molecule is CN(C(=O)OCc1ccccc1)[C@H]1CCCC=C1O[Si](C)(C)C. The molecule has 0 saturated heterocycles. The summed E-state index contributed by atoms with van der Waals surface area (Å²) in [5.74, 6) is 0.939. The summed E-state index contributed by atoms with van der Waals surface area (Å²) in [5.41, 5.74) is 0.993. The molecule has 5 heteroatoms. The predicted molar refractivity (Wildman–Crippen MR) is 94.5 cm³/mol. The van der Waals surface area contributed by atoms with Crippen LogP contribution in [0.2, 0.25) is 19.6 Å². The molecule has 0 spiro atoms. The van der Waals surface area contributed by atoms with E-state index in [1.165, 1.54) is 0 Å². The van der Waals surface area contributed by atoms with Crippen LogP contribution in [0.25, 0.3) is 0 Å². The van der Waals surface area contributed by atoms with Gasteiger partial charge in [-0.2, -0.15) is 0 Å². The molecule has 0 radical (unpaired) electrons. The molecule has 1 aliphatic carbocycles. The van der Waals surface area contributed by atoms with Crippen molar-refractivity contribution < 1.29 is 14.0 Å².